The number of H-pyrrole nitrogens is 2. The first kappa shape index (κ1) is 22.6. The van der Waals surface area contributed by atoms with E-state index < -0.39 is 0 Å². The molecule has 0 bridgehead atoms. The Morgan fingerprint density at radius 2 is 1.68 bits per heavy atom. The van der Waals surface area contributed by atoms with Gasteiger partial charge in [-0.3, -0.25) is 0 Å². The Hall–Kier alpha value is -3.22. The highest BCUT2D eigenvalue weighted by molar-refractivity contribution is 5.68. The Kier molecular flexibility index (Phi) is 6.88. The molecule has 4 aromatic rings. The van der Waals surface area contributed by atoms with E-state index in [1.54, 1.807) is 0 Å². The van der Waals surface area contributed by atoms with Crippen molar-refractivity contribution in [3.63, 3.8) is 0 Å². The number of benzene rings is 2. The number of imidazole rings is 2. The number of hydrogen-bond acceptors (Lipinski definition) is 4. The van der Waals surface area contributed by atoms with Gasteiger partial charge < -0.3 is 20.6 Å². The Morgan fingerprint density at radius 1 is 0.941 bits per heavy atom. The lowest BCUT2D eigenvalue weighted by molar-refractivity contribution is 0.549. The van der Waals surface area contributed by atoms with Crippen LogP contribution < -0.4 is 10.6 Å². The molecule has 6 nitrogen and oxygen atoms in total. The molecule has 3 heterocycles. The molecule has 2 aromatic carbocycles. The molecule has 6 heteroatoms. The zero-order chi connectivity index (χ0) is 23.3. The Morgan fingerprint density at radius 3 is 2.38 bits per heavy atom. The van der Waals surface area contributed by atoms with E-state index in [0.717, 1.165) is 55.3 Å². The van der Waals surface area contributed by atoms with Gasteiger partial charge in [0.25, 0.3) is 0 Å². The highest BCUT2D eigenvalue weighted by Gasteiger charge is 2.19. The molecule has 4 N–H and O–H groups in total. The van der Waals surface area contributed by atoms with Crippen molar-refractivity contribution >= 4 is 0 Å². The molecule has 0 radical (unpaired) electrons. The first-order valence-electron chi connectivity index (χ1n) is 12.4. The minimum atomic E-state index is 0.221. The number of hydrogen-bond donors (Lipinski definition) is 4. The molecule has 1 fully saturated rings. The number of nitrogens with zero attached hydrogens (tertiary/aromatic N) is 2. The van der Waals surface area contributed by atoms with Gasteiger partial charge in [0.15, 0.2) is 0 Å². The van der Waals surface area contributed by atoms with Gasteiger partial charge in [-0.25, -0.2) is 9.97 Å². The number of aromatic amines is 2. The standard InChI is InChI=1S/C28H34N6/c1-3-14-29-19(2)27-32-18-26(34-27)23-12-10-22(11-13-23)21-8-6-20(7-9-21)16-24-17-31-28(33-24)25-5-4-15-30-25/h6-13,17-19,25,29-30H,3-5,14-16H2,1-2H3,(H,31,33)(H,32,34). The van der Waals surface area contributed by atoms with Crippen molar-refractivity contribution < 1.29 is 0 Å². The minimum Gasteiger partial charge on any atom is -0.344 e. The zero-order valence-corrected chi connectivity index (χ0v) is 20.1. The first-order chi connectivity index (χ1) is 16.7. The highest BCUT2D eigenvalue weighted by Crippen LogP contribution is 2.26. The van der Waals surface area contributed by atoms with Crippen LogP contribution in [0.25, 0.3) is 22.4 Å². The van der Waals surface area contributed by atoms with Crippen LogP contribution in [0.5, 0.6) is 0 Å². The molecule has 176 valence electrons. The Labute approximate surface area is 201 Å². The molecule has 2 atom stereocenters. The van der Waals surface area contributed by atoms with Crippen LogP contribution >= 0.6 is 0 Å². The summed E-state index contributed by atoms with van der Waals surface area (Å²) >= 11 is 0. The summed E-state index contributed by atoms with van der Waals surface area (Å²) in [4.78, 5) is 16.1. The summed E-state index contributed by atoms with van der Waals surface area (Å²) in [7, 11) is 0. The van der Waals surface area contributed by atoms with Crippen molar-refractivity contribution in [3.8, 4) is 22.4 Å². The topological polar surface area (TPSA) is 81.4 Å². The second kappa shape index (κ2) is 10.4. The SMILES string of the molecule is CCCNC(C)c1ncc(-c2ccc(-c3ccc(Cc4cnc(C5CCCN5)[nH]4)cc3)cc2)[nH]1. The molecule has 5 rings (SSSR count). The van der Waals surface area contributed by atoms with Crippen LogP contribution in [0.2, 0.25) is 0 Å². The lowest BCUT2D eigenvalue weighted by Crippen LogP contribution is -2.20. The maximum Gasteiger partial charge on any atom is 0.123 e. The van der Waals surface area contributed by atoms with Crippen LogP contribution in [-0.4, -0.2) is 33.0 Å². The second-order valence-electron chi connectivity index (χ2n) is 9.25. The van der Waals surface area contributed by atoms with Crippen LogP contribution in [0, 0.1) is 0 Å². The van der Waals surface area contributed by atoms with Gasteiger partial charge in [-0.2, -0.15) is 0 Å². The minimum absolute atomic E-state index is 0.221. The van der Waals surface area contributed by atoms with Crippen molar-refractivity contribution in [1.82, 2.24) is 30.6 Å². The fourth-order valence-electron chi connectivity index (χ4n) is 4.60. The lowest BCUT2D eigenvalue weighted by atomic mass is 10.0. The normalized spacial score (nSPS) is 16.7. The van der Waals surface area contributed by atoms with E-state index in [4.69, 9.17) is 0 Å². The lowest BCUT2D eigenvalue weighted by Gasteiger charge is -2.10. The molecule has 1 saturated heterocycles. The van der Waals surface area contributed by atoms with Gasteiger partial charge in [-0.1, -0.05) is 55.5 Å². The second-order valence-corrected chi connectivity index (χ2v) is 9.25. The summed E-state index contributed by atoms with van der Waals surface area (Å²) in [5, 5.41) is 6.98. The number of nitrogens with one attached hydrogen (secondary N) is 4. The third-order valence-electron chi connectivity index (χ3n) is 6.62. The molecule has 1 aliphatic heterocycles. The fraction of sp³-hybridized carbons (Fsp3) is 0.357. The Balaban J connectivity index is 1.22. The van der Waals surface area contributed by atoms with Crippen molar-refractivity contribution in [1.29, 1.82) is 0 Å². The van der Waals surface area contributed by atoms with Crippen LogP contribution in [-0.2, 0) is 6.42 Å². The third-order valence-corrected chi connectivity index (χ3v) is 6.62. The van der Waals surface area contributed by atoms with Crippen LogP contribution in [0.15, 0.2) is 60.9 Å². The van der Waals surface area contributed by atoms with E-state index in [1.807, 2.05) is 12.4 Å². The number of aromatic nitrogens is 4. The molecule has 0 aliphatic carbocycles. The summed E-state index contributed by atoms with van der Waals surface area (Å²) in [6.45, 7) is 6.39. The Bertz CT molecular complexity index is 1180. The molecule has 2 unspecified atom stereocenters. The maximum atomic E-state index is 4.59. The molecular weight excluding hydrogens is 420 g/mol. The van der Waals surface area contributed by atoms with Gasteiger partial charge in [0.2, 0.25) is 0 Å². The van der Waals surface area contributed by atoms with E-state index in [0.29, 0.717) is 6.04 Å². The smallest absolute Gasteiger partial charge is 0.123 e. The van der Waals surface area contributed by atoms with Gasteiger partial charge in [0.05, 0.1) is 24.0 Å². The molecule has 0 saturated carbocycles. The van der Waals surface area contributed by atoms with Gasteiger partial charge in [0.1, 0.15) is 11.6 Å². The summed E-state index contributed by atoms with van der Waals surface area (Å²) in [6, 6.07) is 18.1. The van der Waals surface area contributed by atoms with Crippen molar-refractivity contribution in [2.75, 3.05) is 13.1 Å². The van der Waals surface area contributed by atoms with E-state index in [2.05, 4.69) is 92.9 Å². The van der Waals surface area contributed by atoms with E-state index in [-0.39, 0.29) is 6.04 Å². The predicted molar refractivity (Wildman–Crippen MR) is 138 cm³/mol. The van der Waals surface area contributed by atoms with Crippen LogP contribution in [0.3, 0.4) is 0 Å². The van der Waals surface area contributed by atoms with Gasteiger partial charge in [-0.15, -0.1) is 0 Å². The maximum absolute atomic E-state index is 4.59. The van der Waals surface area contributed by atoms with Crippen molar-refractivity contribution in [2.45, 2.75) is 51.6 Å². The van der Waals surface area contributed by atoms with Crippen LogP contribution in [0.1, 0.15) is 68.1 Å². The monoisotopic (exact) mass is 454 g/mol. The van der Waals surface area contributed by atoms with E-state index in [9.17, 15) is 0 Å². The quantitative estimate of drug-likeness (QED) is 0.268. The van der Waals surface area contributed by atoms with E-state index >= 15 is 0 Å². The van der Waals surface area contributed by atoms with E-state index in [1.165, 1.54) is 28.8 Å². The van der Waals surface area contributed by atoms with Gasteiger partial charge >= 0.3 is 0 Å². The largest absolute Gasteiger partial charge is 0.344 e. The van der Waals surface area contributed by atoms with Gasteiger partial charge in [-0.05, 0) is 61.5 Å². The zero-order valence-electron chi connectivity index (χ0n) is 20.1. The predicted octanol–water partition coefficient (Wildman–Crippen LogP) is 5.54. The first-order valence-corrected chi connectivity index (χ1v) is 12.4. The van der Waals surface area contributed by atoms with Crippen LogP contribution in [0.4, 0.5) is 0 Å². The molecule has 0 amide bonds. The van der Waals surface area contributed by atoms with Crippen molar-refractivity contribution in [3.05, 3.63) is 83.8 Å². The third kappa shape index (κ3) is 5.13. The average Bonchev–Trinajstić information content (AvgIpc) is 3.65. The summed E-state index contributed by atoms with van der Waals surface area (Å²) < 4.78 is 0. The van der Waals surface area contributed by atoms with Crippen molar-refractivity contribution in [2.24, 2.45) is 0 Å². The molecule has 1 aliphatic rings. The molecular formula is C28H34N6. The molecule has 2 aromatic heterocycles. The molecule has 34 heavy (non-hydrogen) atoms. The fourth-order valence-corrected chi connectivity index (χ4v) is 4.60. The van der Waals surface area contributed by atoms with Gasteiger partial charge in [0, 0.05) is 18.3 Å². The number of rotatable bonds is 9. The summed E-state index contributed by atoms with van der Waals surface area (Å²) in [5.74, 6) is 2.05. The summed E-state index contributed by atoms with van der Waals surface area (Å²) in [5.41, 5.74) is 7.08. The summed E-state index contributed by atoms with van der Waals surface area (Å²) in [6.07, 6.45) is 8.27. The average molecular weight is 455 g/mol. The molecule has 0 spiro atoms. The highest BCUT2D eigenvalue weighted by atomic mass is 15.0.